The number of halogens is 3. The van der Waals surface area contributed by atoms with E-state index in [0.29, 0.717) is 22.9 Å². The monoisotopic (exact) mass is 506 g/mol. The number of carbonyl (C=O) groups excluding carboxylic acids is 1. The van der Waals surface area contributed by atoms with E-state index in [1.807, 2.05) is 39.1 Å². The number of benzene rings is 2. The minimum absolute atomic E-state index is 0.285. The van der Waals surface area contributed by atoms with E-state index >= 15 is 0 Å². The predicted molar refractivity (Wildman–Crippen MR) is 132 cm³/mol. The second-order valence-corrected chi connectivity index (χ2v) is 9.75. The van der Waals surface area contributed by atoms with Crippen LogP contribution in [0.4, 0.5) is 18.2 Å². The molecule has 1 aromatic heterocycles. The summed E-state index contributed by atoms with van der Waals surface area (Å²) in [4.78, 5) is 18.8. The van der Waals surface area contributed by atoms with Crippen molar-refractivity contribution in [2.75, 3.05) is 18.6 Å². The molecular weight excluding hydrogens is 477 g/mol. The van der Waals surface area contributed by atoms with Crippen LogP contribution in [0.1, 0.15) is 43.2 Å². The average molecular weight is 507 g/mol. The van der Waals surface area contributed by atoms with E-state index < -0.39 is 23.3 Å². The Morgan fingerprint density at radius 1 is 1.09 bits per heavy atom. The predicted octanol–water partition coefficient (Wildman–Crippen LogP) is 6.80. The number of ether oxygens (including phenoxy) is 2. The van der Waals surface area contributed by atoms with E-state index in [-0.39, 0.29) is 6.61 Å². The molecule has 0 N–H and O–H groups in total. The number of alkyl halides is 3. The van der Waals surface area contributed by atoms with Crippen LogP contribution in [0.25, 0.3) is 10.6 Å². The standard InChI is InChI=1S/C26H29F3N2O3S/c1-7-33-24(32)25(4,5)34-21-13-8-18(14-16(21)2)15-31(6)23-17(3)30-22(35-23)19-9-11-20(12-10-19)26(27,28)29/h8-14H,7,15H2,1-6H3. The normalized spacial score (nSPS) is 11.9. The number of rotatable bonds is 8. The van der Waals surface area contributed by atoms with Gasteiger partial charge in [-0.3, -0.25) is 0 Å². The Morgan fingerprint density at radius 3 is 2.31 bits per heavy atom. The Kier molecular flexibility index (Phi) is 7.79. The van der Waals surface area contributed by atoms with Crippen LogP contribution in [0, 0.1) is 13.8 Å². The van der Waals surface area contributed by atoms with Crippen molar-refractivity contribution in [3.05, 3.63) is 64.8 Å². The van der Waals surface area contributed by atoms with Crippen LogP contribution in [-0.2, 0) is 22.3 Å². The second-order valence-electron chi connectivity index (χ2n) is 8.77. The Hall–Kier alpha value is -3.07. The number of nitrogens with zero attached hydrogens (tertiary/aromatic N) is 2. The molecule has 9 heteroatoms. The van der Waals surface area contributed by atoms with Gasteiger partial charge in [-0.05, 0) is 63.9 Å². The lowest BCUT2D eigenvalue weighted by Crippen LogP contribution is -2.39. The highest BCUT2D eigenvalue weighted by Crippen LogP contribution is 2.36. The van der Waals surface area contributed by atoms with Crippen molar-refractivity contribution in [3.8, 4) is 16.3 Å². The molecule has 188 valence electrons. The van der Waals surface area contributed by atoms with Gasteiger partial charge >= 0.3 is 12.1 Å². The number of hydrogen-bond acceptors (Lipinski definition) is 6. The van der Waals surface area contributed by atoms with Crippen LogP contribution in [-0.4, -0.2) is 30.2 Å². The van der Waals surface area contributed by atoms with Gasteiger partial charge in [0.25, 0.3) is 0 Å². The summed E-state index contributed by atoms with van der Waals surface area (Å²) in [6.07, 6.45) is -4.37. The largest absolute Gasteiger partial charge is 0.476 e. The van der Waals surface area contributed by atoms with Crippen molar-refractivity contribution < 1.29 is 27.4 Å². The number of esters is 1. The molecule has 0 aliphatic rings. The van der Waals surface area contributed by atoms with Gasteiger partial charge < -0.3 is 14.4 Å². The molecule has 0 saturated heterocycles. The third-order valence-corrected chi connectivity index (χ3v) is 6.69. The molecule has 5 nitrogen and oxygen atoms in total. The lowest BCUT2D eigenvalue weighted by atomic mass is 10.1. The van der Waals surface area contributed by atoms with Crippen molar-refractivity contribution in [1.29, 1.82) is 0 Å². The zero-order valence-electron chi connectivity index (χ0n) is 20.6. The zero-order chi connectivity index (χ0) is 26.0. The fourth-order valence-corrected chi connectivity index (χ4v) is 4.59. The first-order chi connectivity index (χ1) is 16.3. The van der Waals surface area contributed by atoms with Crippen LogP contribution in [0.2, 0.25) is 0 Å². The summed E-state index contributed by atoms with van der Waals surface area (Å²) < 4.78 is 49.6. The minimum atomic E-state index is -4.37. The fraction of sp³-hybridized carbons (Fsp3) is 0.385. The highest BCUT2D eigenvalue weighted by molar-refractivity contribution is 7.19. The molecule has 0 saturated carbocycles. The molecule has 35 heavy (non-hydrogen) atoms. The summed E-state index contributed by atoms with van der Waals surface area (Å²) >= 11 is 1.43. The zero-order valence-corrected chi connectivity index (χ0v) is 21.4. The van der Waals surface area contributed by atoms with Gasteiger partial charge in [0.1, 0.15) is 15.8 Å². The van der Waals surface area contributed by atoms with Crippen molar-refractivity contribution in [2.45, 2.75) is 52.9 Å². The second kappa shape index (κ2) is 10.3. The summed E-state index contributed by atoms with van der Waals surface area (Å²) in [5, 5.41) is 1.60. The average Bonchev–Trinajstić information content (AvgIpc) is 3.17. The molecule has 0 aliphatic heterocycles. The first-order valence-corrected chi connectivity index (χ1v) is 12.0. The summed E-state index contributed by atoms with van der Waals surface area (Å²) in [7, 11) is 1.95. The fourth-order valence-electron chi connectivity index (χ4n) is 3.56. The van der Waals surface area contributed by atoms with E-state index in [1.54, 1.807) is 20.8 Å². The lowest BCUT2D eigenvalue weighted by molar-refractivity contribution is -0.158. The molecule has 1 heterocycles. The van der Waals surface area contributed by atoms with E-state index in [4.69, 9.17) is 9.47 Å². The Bertz CT molecular complexity index is 1190. The first-order valence-electron chi connectivity index (χ1n) is 11.1. The summed E-state index contributed by atoms with van der Waals surface area (Å²) in [5.41, 5.74) is 1.59. The number of aromatic nitrogens is 1. The van der Waals surface area contributed by atoms with Gasteiger partial charge in [0.05, 0.1) is 17.9 Å². The van der Waals surface area contributed by atoms with Crippen LogP contribution >= 0.6 is 11.3 Å². The number of carbonyl (C=O) groups is 1. The SMILES string of the molecule is CCOC(=O)C(C)(C)Oc1ccc(CN(C)c2sc(-c3ccc(C(F)(F)F)cc3)nc2C)cc1C. The minimum Gasteiger partial charge on any atom is -0.476 e. The Balaban J connectivity index is 1.73. The number of hydrogen-bond donors (Lipinski definition) is 0. The van der Waals surface area contributed by atoms with Crippen molar-refractivity contribution in [3.63, 3.8) is 0 Å². The van der Waals surface area contributed by atoms with Crippen molar-refractivity contribution >= 4 is 22.3 Å². The number of anilines is 1. The van der Waals surface area contributed by atoms with E-state index in [9.17, 15) is 18.0 Å². The summed E-state index contributed by atoms with van der Waals surface area (Å²) in [5.74, 6) is 0.181. The van der Waals surface area contributed by atoms with Crippen LogP contribution in [0.3, 0.4) is 0 Å². The van der Waals surface area contributed by atoms with E-state index in [0.717, 1.165) is 34.0 Å². The lowest BCUT2D eigenvalue weighted by Gasteiger charge is -2.25. The molecular formula is C26H29F3N2O3S. The molecule has 3 rings (SSSR count). The Morgan fingerprint density at radius 2 is 1.74 bits per heavy atom. The molecule has 0 radical (unpaired) electrons. The maximum absolute atomic E-state index is 12.9. The highest BCUT2D eigenvalue weighted by atomic mass is 32.1. The number of thiazole rings is 1. The number of aryl methyl sites for hydroxylation is 2. The smallest absolute Gasteiger partial charge is 0.416 e. The van der Waals surface area contributed by atoms with Crippen molar-refractivity contribution in [2.24, 2.45) is 0 Å². The van der Waals surface area contributed by atoms with Gasteiger partial charge in [0.2, 0.25) is 0 Å². The topological polar surface area (TPSA) is 51.7 Å². The Labute approximate surface area is 207 Å². The maximum Gasteiger partial charge on any atom is 0.416 e. The molecule has 0 bridgehead atoms. The molecule has 0 atom stereocenters. The third kappa shape index (κ3) is 6.33. The highest BCUT2D eigenvalue weighted by Gasteiger charge is 2.32. The molecule has 2 aromatic carbocycles. The maximum atomic E-state index is 12.9. The molecule has 0 amide bonds. The van der Waals surface area contributed by atoms with Crippen LogP contribution in [0.5, 0.6) is 5.75 Å². The van der Waals surface area contributed by atoms with Crippen molar-refractivity contribution in [1.82, 2.24) is 4.98 Å². The van der Waals surface area contributed by atoms with Gasteiger partial charge in [0.15, 0.2) is 5.60 Å². The molecule has 0 spiro atoms. The molecule has 3 aromatic rings. The van der Waals surface area contributed by atoms with E-state index in [1.165, 1.54) is 23.5 Å². The van der Waals surface area contributed by atoms with Gasteiger partial charge in [-0.25, -0.2) is 9.78 Å². The van der Waals surface area contributed by atoms with Crippen LogP contribution in [0.15, 0.2) is 42.5 Å². The van der Waals surface area contributed by atoms with Gasteiger partial charge in [0, 0.05) is 19.2 Å². The van der Waals surface area contributed by atoms with Gasteiger partial charge in [-0.2, -0.15) is 13.2 Å². The first kappa shape index (κ1) is 26.5. The molecule has 0 fully saturated rings. The summed E-state index contributed by atoms with van der Waals surface area (Å²) in [6, 6.07) is 10.8. The molecule has 0 aliphatic carbocycles. The quantitative estimate of drug-likeness (QED) is 0.315. The van der Waals surface area contributed by atoms with E-state index in [2.05, 4.69) is 9.88 Å². The van der Waals surface area contributed by atoms with Gasteiger partial charge in [-0.1, -0.05) is 35.6 Å². The third-order valence-electron chi connectivity index (χ3n) is 5.37. The summed E-state index contributed by atoms with van der Waals surface area (Å²) in [6.45, 7) is 9.78. The van der Waals surface area contributed by atoms with Crippen LogP contribution < -0.4 is 9.64 Å². The molecule has 0 unspecified atom stereocenters. The van der Waals surface area contributed by atoms with Gasteiger partial charge in [-0.15, -0.1) is 0 Å².